The molecule has 2 heterocycles. The van der Waals surface area contributed by atoms with Crippen LogP contribution in [0.4, 0.5) is 0 Å². The molecule has 0 saturated heterocycles. The highest BCUT2D eigenvalue weighted by Crippen LogP contribution is 2.31. The Kier molecular flexibility index (Phi) is 2.91. The Morgan fingerprint density at radius 2 is 1.95 bits per heavy atom. The minimum Gasteiger partial charge on any atom is -0.496 e. The quantitative estimate of drug-likeness (QED) is 0.892. The lowest BCUT2D eigenvalue weighted by atomic mass is 10.0. The number of pyridine rings is 1. The first kappa shape index (κ1) is 12.0. The molecule has 0 fully saturated rings. The molecule has 1 aliphatic rings. The van der Waals surface area contributed by atoms with Crippen molar-refractivity contribution in [2.24, 2.45) is 0 Å². The van der Waals surface area contributed by atoms with Crippen LogP contribution in [0.3, 0.4) is 0 Å². The van der Waals surface area contributed by atoms with Gasteiger partial charge in [-0.2, -0.15) is 0 Å². The van der Waals surface area contributed by atoms with Crippen molar-refractivity contribution in [2.75, 3.05) is 20.8 Å². The van der Waals surface area contributed by atoms with Crippen LogP contribution < -0.4 is 14.9 Å². The van der Waals surface area contributed by atoms with Crippen LogP contribution in [-0.4, -0.2) is 25.8 Å². The van der Waals surface area contributed by atoms with Gasteiger partial charge in [0.1, 0.15) is 11.5 Å². The average Bonchev–Trinajstić information content (AvgIpc) is 2.46. The van der Waals surface area contributed by atoms with Gasteiger partial charge in [-0.25, -0.2) is 0 Å². The van der Waals surface area contributed by atoms with E-state index < -0.39 is 0 Å². The molecule has 3 rings (SSSR count). The van der Waals surface area contributed by atoms with Crippen LogP contribution in [-0.2, 0) is 17.8 Å². The number of ether oxygens (including phenoxy) is 3. The van der Waals surface area contributed by atoms with Crippen LogP contribution in [0.2, 0.25) is 0 Å². The predicted molar refractivity (Wildman–Crippen MR) is 71.0 cm³/mol. The zero-order valence-electron chi connectivity index (χ0n) is 10.9. The third kappa shape index (κ3) is 1.77. The van der Waals surface area contributed by atoms with E-state index in [1.807, 2.05) is 0 Å². The molecule has 5 nitrogen and oxygen atoms in total. The third-order valence-corrected chi connectivity index (χ3v) is 3.45. The van der Waals surface area contributed by atoms with Crippen molar-refractivity contribution in [2.45, 2.75) is 13.0 Å². The molecule has 19 heavy (non-hydrogen) atoms. The van der Waals surface area contributed by atoms with Crippen LogP contribution in [0.1, 0.15) is 11.3 Å². The molecule has 0 atom stereocenters. The second-order valence-electron chi connectivity index (χ2n) is 4.43. The molecule has 1 aromatic carbocycles. The number of methoxy groups -OCH3 is 2. The molecular formula is C14H15NO4. The maximum Gasteiger partial charge on any atom is 0.199 e. The van der Waals surface area contributed by atoms with E-state index in [-0.39, 0.29) is 5.43 Å². The van der Waals surface area contributed by atoms with Gasteiger partial charge in [0.05, 0.1) is 38.3 Å². The minimum absolute atomic E-state index is 0.0424. The Balaban J connectivity index is 2.43. The van der Waals surface area contributed by atoms with Gasteiger partial charge in [0.15, 0.2) is 5.43 Å². The summed E-state index contributed by atoms with van der Waals surface area (Å²) in [5.74, 6) is 1.19. The largest absolute Gasteiger partial charge is 0.496 e. The van der Waals surface area contributed by atoms with E-state index in [2.05, 4.69) is 4.98 Å². The zero-order valence-corrected chi connectivity index (χ0v) is 10.9. The summed E-state index contributed by atoms with van der Waals surface area (Å²) < 4.78 is 16.0. The SMILES string of the molecule is COc1ccc(OC)c2c(=O)c3c([nH]c12)CCOC3. The van der Waals surface area contributed by atoms with Gasteiger partial charge in [0, 0.05) is 17.7 Å². The maximum atomic E-state index is 12.6. The summed E-state index contributed by atoms with van der Waals surface area (Å²) in [5.41, 5.74) is 2.26. The number of hydrogen-bond acceptors (Lipinski definition) is 4. The van der Waals surface area contributed by atoms with Crippen molar-refractivity contribution in [1.82, 2.24) is 4.98 Å². The standard InChI is InChI=1S/C14H15NO4/c1-17-10-3-4-11(18-2)13-12(10)14(16)8-7-19-6-5-9(8)15-13/h3-4H,5-7H2,1-2H3,(H,15,16). The van der Waals surface area contributed by atoms with Crippen LogP contribution in [0.5, 0.6) is 11.5 Å². The second-order valence-corrected chi connectivity index (χ2v) is 4.43. The van der Waals surface area contributed by atoms with Gasteiger partial charge >= 0.3 is 0 Å². The molecule has 0 bridgehead atoms. The van der Waals surface area contributed by atoms with Crippen LogP contribution >= 0.6 is 0 Å². The highest BCUT2D eigenvalue weighted by molar-refractivity contribution is 5.90. The lowest BCUT2D eigenvalue weighted by Gasteiger charge is -2.18. The fourth-order valence-corrected chi connectivity index (χ4v) is 2.48. The van der Waals surface area contributed by atoms with Crippen molar-refractivity contribution in [3.8, 4) is 11.5 Å². The van der Waals surface area contributed by atoms with Gasteiger partial charge in [0.25, 0.3) is 0 Å². The summed E-state index contributed by atoms with van der Waals surface area (Å²) >= 11 is 0. The Hall–Kier alpha value is -2.01. The number of aromatic amines is 1. The summed E-state index contributed by atoms with van der Waals surface area (Å²) in [7, 11) is 3.14. The normalized spacial score (nSPS) is 14.2. The van der Waals surface area contributed by atoms with Gasteiger partial charge in [-0.3, -0.25) is 4.79 Å². The number of nitrogens with one attached hydrogen (secondary N) is 1. The van der Waals surface area contributed by atoms with E-state index in [1.54, 1.807) is 26.4 Å². The molecule has 2 aromatic rings. The molecular weight excluding hydrogens is 246 g/mol. The van der Waals surface area contributed by atoms with Crippen molar-refractivity contribution >= 4 is 10.9 Å². The Bertz CT molecular complexity index is 690. The Labute approximate surface area is 110 Å². The maximum absolute atomic E-state index is 12.6. The molecule has 0 spiro atoms. The van der Waals surface area contributed by atoms with Gasteiger partial charge in [-0.1, -0.05) is 0 Å². The van der Waals surface area contributed by atoms with Gasteiger partial charge in [-0.05, 0) is 12.1 Å². The van der Waals surface area contributed by atoms with Crippen molar-refractivity contribution in [3.63, 3.8) is 0 Å². The molecule has 0 amide bonds. The molecule has 0 aliphatic carbocycles. The molecule has 1 N–H and O–H groups in total. The molecule has 0 unspecified atom stereocenters. The smallest absolute Gasteiger partial charge is 0.199 e. The predicted octanol–water partition coefficient (Wildman–Crippen LogP) is 1.62. The van der Waals surface area contributed by atoms with E-state index >= 15 is 0 Å². The fourth-order valence-electron chi connectivity index (χ4n) is 2.48. The molecule has 100 valence electrons. The number of aromatic nitrogens is 1. The summed E-state index contributed by atoms with van der Waals surface area (Å²) in [5, 5.41) is 0.520. The van der Waals surface area contributed by atoms with Crippen molar-refractivity contribution < 1.29 is 14.2 Å². The lowest BCUT2D eigenvalue weighted by molar-refractivity contribution is 0.108. The van der Waals surface area contributed by atoms with E-state index in [1.165, 1.54) is 0 Å². The Morgan fingerprint density at radius 1 is 1.21 bits per heavy atom. The molecule has 5 heteroatoms. The zero-order chi connectivity index (χ0) is 13.4. The van der Waals surface area contributed by atoms with Gasteiger partial charge < -0.3 is 19.2 Å². The highest BCUT2D eigenvalue weighted by atomic mass is 16.5. The first-order valence-electron chi connectivity index (χ1n) is 6.12. The monoisotopic (exact) mass is 261 g/mol. The summed E-state index contributed by atoms with van der Waals surface area (Å²) in [6, 6.07) is 3.54. The highest BCUT2D eigenvalue weighted by Gasteiger charge is 2.20. The molecule has 0 saturated carbocycles. The molecule has 1 aromatic heterocycles. The van der Waals surface area contributed by atoms with E-state index in [4.69, 9.17) is 14.2 Å². The first-order valence-corrected chi connectivity index (χ1v) is 6.12. The van der Waals surface area contributed by atoms with E-state index in [9.17, 15) is 4.79 Å². The number of hydrogen-bond donors (Lipinski definition) is 1. The molecule has 1 aliphatic heterocycles. The number of benzene rings is 1. The van der Waals surface area contributed by atoms with Crippen LogP contribution in [0, 0.1) is 0 Å². The van der Waals surface area contributed by atoms with Crippen molar-refractivity contribution in [3.05, 3.63) is 33.6 Å². The third-order valence-electron chi connectivity index (χ3n) is 3.45. The van der Waals surface area contributed by atoms with Crippen LogP contribution in [0.15, 0.2) is 16.9 Å². The van der Waals surface area contributed by atoms with Gasteiger partial charge in [0.2, 0.25) is 0 Å². The summed E-state index contributed by atoms with van der Waals surface area (Å²) in [6.45, 7) is 0.974. The van der Waals surface area contributed by atoms with Crippen LogP contribution in [0.25, 0.3) is 10.9 Å². The topological polar surface area (TPSA) is 60.5 Å². The number of H-pyrrole nitrogens is 1. The fraction of sp³-hybridized carbons (Fsp3) is 0.357. The summed E-state index contributed by atoms with van der Waals surface area (Å²) in [4.78, 5) is 15.9. The lowest BCUT2D eigenvalue weighted by Crippen LogP contribution is -2.22. The van der Waals surface area contributed by atoms with Gasteiger partial charge in [-0.15, -0.1) is 0 Å². The molecule has 0 radical (unpaired) electrons. The second kappa shape index (κ2) is 4.59. The van der Waals surface area contributed by atoms with Crippen molar-refractivity contribution in [1.29, 1.82) is 0 Å². The summed E-state index contributed by atoms with van der Waals surface area (Å²) in [6.07, 6.45) is 0.709. The van der Waals surface area contributed by atoms with E-state index in [0.29, 0.717) is 47.6 Å². The Morgan fingerprint density at radius 3 is 2.68 bits per heavy atom. The number of rotatable bonds is 2. The first-order chi connectivity index (χ1) is 9.26. The van der Waals surface area contributed by atoms with E-state index in [0.717, 1.165) is 5.69 Å². The average molecular weight is 261 g/mol. The minimum atomic E-state index is -0.0424. The number of fused-ring (bicyclic) bond motifs is 2.